The lowest BCUT2D eigenvalue weighted by Crippen LogP contribution is -2.39. The lowest BCUT2D eigenvalue weighted by molar-refractivity contribution is 0.146. The number of hydrogen-bond donors (Lipinski definition) is 2. The minimum Gasteiger partial charge on any atom is -0.469 e. The first kappa shape index (κ1) is 22.4. The van der Waals surface area contributed by atoms with Crippen LogP contribution in [0.2, 0.25) is 0 Å². The third-order valence-electron chi connectivity index (χ3n) is 3.56. The van der Waals surface area contributed by atoms with Gasteiger partial charge in [-0.15, -0.1) is 24.0 Å². The van der Waals surface area contributed by atoms with Crippen molar-refractivity contribution < 1.29 is 9.15 Å². The fraction of sp³-hybridized carbons (Fsp3) is 0.474. The first-order chi connectivity index (χ1) is 12.4. The maximum absolute atomic E-state index is 5.35. The van der Waals surface area contributed by atoms with Crippen molar-refractivity contribution in [3.63, 3.8) is 0 Å². The highest BCUT2D eigenvalue weighted by Gasteiger charge is 2.01. The molecule has 0 fully saturated rings. The van der Waals surface area contributed by atoms with E-state index in [-0.39, 0.29) is 24.0 Å². The molecule has 2 aromatic rings. The summed E-state index contributed by atoms with van der Waals surface area (Å²) in [7, 11) is 0. The molecule has 2 aromatic heterocycles. The molecule has 0 saturated heterocycles. The minimum absolute atomic E-state index is 0. The number of nitrogens with zero attached hydrogens (tertiary/aromatic N) is 2. The van der Waals surface area contributed by atoms with Crippen molar-refractivity contribution in [3.8, 4) is 0 Å². The van der Waals surface area contributed by atoms with E-state index in [1.54, 1.807) is 6.26 Å². The molecule has 7 heteroatoms. The Morgan fingerprint density at radius 1 is 1.15 bits per heavy atom. The van der Waals surface area contributed by atoms with Crippen LogP contribution in [0, 0.1) is 0 Å². The number of aromatic nitrogens is 1. The molecule has 0 aliphatic heterocycles. The van der Waals surface area contributed by atoms with E-state index in [2.05, 4.69) is 20.6 Å². The predicted octanol–water partition coefficient (Wildman–Crippen LogP) is 3.04. The van der Waals surface area contributed by atoms with Gasteiger partial charge in [-0.1, -0.05) is 6.07 Å². The van der Waals surface area contributed by atoms with E-state index in [1.807, 2.05) is 43.5 Å². The Hall–Kier alpha value is -1.61. The van der Waals surface area contributed by atoms with Gasteiger partial charge in [0.1, 0.15) is 5.76 Å². The summed E-state index contributed by atoms with van der Waals surface area (Å²) in [5.41, 5.74) is 1.07. The largest absolute Gasteiger partial charge is 0.469 e. The predicted molar refractivity (Wildman–Crippen MR) is 115 cm³/mol. The summed E-state index contributed by atoms with van der Waals surface area (Å²) in [6.45, 7) is 5.79. The lowest BCUT2D eigenvalue weighted by Gasteiger charge is -2.12. The molecule has 0 bridgehead atoms. The third-order valence-corrected chi connectivity index (χ3v) is 3.56. The van der Waals surface area contributed by atoms with Crippen LogP contribution in [0.3, 0.4) is 0 Å². The molecule has 144 valence electrons. The number of aliphatic imine (C=N–C) groups is 1. The molecule has 26 heavy (non-hydrogen) atoms. The zero-order chi connectivity index (χ0) is 17.6. The van der Waals surface area contributed by atoms with E-state index in [9.17, 15) is 0 Å². The van der Waals surface area contributed by atoms with E-state index in [0.717, 1.165) is 69.5 Å². The zero-order valence-electron chi connectivity index (χ0n) is 15.3. The van der Waals surface area contributed by atoms with Crippen LogP contribution in [0.1, 0.15) is 24.8 Å². The molecule has 0 aliphatic carbocycles. The number of guanidine groups is 1. The number of rotatable bonds is 11. The Labute approximate surface area is 172 Å². The van der Waals surface area contributed by atoms with Crippen LogP contribution in [0.4, 0.5) is 0 Å². The summed E-state index contributed by atoms with van der Waals surface area (Å²) in [5.74, 6) is 1.79. The topological polar surface area (TPSA) is 71.7 Å². The Morgan fingerprint density at radius 3 is 2.69 bits per heavy atom. The third kappa shape index (κ3) is 9.76. The molecule has 6 nitrogen and oxygen atoms in total. The second-order valence-corrected chi connectivity index (χ2v) is 5.53. The van der Waals surface area contributed by atoms with Crippen molar-refractivity contribution in [1.82, 2.24) is 15.6 Å². The molecule has 0 unspecified atom stereocenters. The van der Waals surface area contributed by atoms with Gasteiger partial charge in [0.15, 0.2) is 5.96 Å². The number of pyridine rings is 1. The van der Waals surface area contributed by atoms with E-state index in [4.69, 9.17) is 9.15 Å². The molecule has 2 heterocycles. The second-order valence-electron chi connectivity index (χ2n) is 5.53. The molecule has 0 spiro atoms. The van der Waals surface area contributed by atoms with E-state index in [1.165, 1.54) is 0 Å². The van der Waals surface area contributed by atoms with Crippen LogP contribution in [0.25, 0.3) is 0 Å². The average Bonchev–Trinajstić information content (AvgIpc) is 3.15. The fourth-order valence-electron chi connectivity index (χ4n) is 2.29. The van der Waals surface area contributed by atoms with E-state index >= 15 is 0 Å². The van der Waals surface area contributed by atoms with Gasteiger partial charge in [-0.2, -0.15) is 0 Å². The first-order valence-electron chi connectivity index (χ1n) is 8.90. The average molecular weight is 472 g/mol. The van der Waals surface area contributed by atoms with Crippen LogP contribution in [0.5, 0.6) is 0 Å². The second kappa shape index (κ2) is 14.5. The highest BCUT2D eigenvalue weighted by atomic mass is 127. The van der Waals surface area contributed by atoms with E-state index < -0.39 is 0 Å². The smallest absolute Gasteiger partial charge is 0.191 e. The Balaban J connectivity index is 0.00000338. The number of ether oxygens (including phenoxy) is 1. The van der Waals surface area contributed by atoms with Gasteiger partial charge >= 0.3 is 0 Å². The summed E-state index contributed by atoms with van der Waals surface area (Å²) in [6, 6.07) is 9.86. The quantitative estimate of drug-likeness (QED) is 0.228. The summed E-state index contributed by atoms with van der Waals surface area (Å²) in [6.07, 6.45) is 6.12. The molecule has 0 atom stereocenters. The van der Waals surface area contributed by atoms with Gasteiger partial charge in [-0.3, -0.25) is 9.98 Å². The van der Waals surface area contributed by atoms with Crippen molar-refractivity contribution in [2.24, 2.45) is 4.99 Å². The van der Waals surface area contributed by atoms with Crippen LogP contribution in [-0.2, 0) is 17.6 Å². The summed E-state index contributed by atoms with van der Waals surface area (Å²) in [5, 5.41) is 6.72. The van der Waals surface area contributed by atoms with Gasteiger partial charge < -0.3 is 19.8 Å². The molecule has 0 radical (unpaired) electrons. The van der Waals surface area contributed by atoms with Gasteiger partial charge in [-0.05, 0) is 37.6 Å². The molecular weight excluding hydrogens is 443 g/mol. The number of halogens is 1. The van der Waals surface area contributed by atoms with Crippen LogP contribution in [0.15, 0.2) is 52.2 Å². The Morgan fingerprint density at radius 2 is 2.00 bits per heavy atom. The summed E-state index contributed by atoms with van der Waals surface area (Å²) in [4.78, 5) is 8.95. The van der Waals surface area contributed by atoms with Crippen LogP contribution < -0.4 is 10.6 Å². The zero-order valence-corrected chi connectivity index (χ0v) is 17.6. The fourth-order valence-corrected chi connectivity index (χ4v) is 2.29. The molecule has 0 aromatic carbocycles. The molecule has 2 N–H and O–H groups in total. The summed E-state index contributed by atoms with van der Waals surface area (Å²) >= 11 is 0. The highest BCUT2D eigenvalue weighted by molar-refractivity contribution is 14.0. The van der Waals surface area contributed by atoms with Gasteiger partial charge in [0, 0.05) is 57.6 Å². The minimum atomic E-state index is 0. The lowest BCUT2D eigenvalue weighted by atomic mass is 10.3. The summed E-state index contributed by atoms with van der Waals surface area (Å²) < 4.78 is 10.7. The van der Waals surface area contributed by atoms with Gasteiger partial charge in [-0.25, -0.2) is 0 Å². The number of furan rings is 1. The first-order valence-corrected chi connectivity index (χ1v) is 8.90. The van der Waals surface area contributed by atoms with Crippen molar-refractivity contribution in [2.75, 3.05) is 32.8 Å². The normalized spacial score (nSPS) is 11.0. The van der Waals surface area contributed by atoms with Gasteiger partial charge in [0.05, 0.1) is 6.26 Å². The Kier molecular flexibility index (Phi) is 12.6. The molecular formula is C19H29IN4O2. The molecule has 0 amide bonds. The van der Waals surface area contributed by atoms with Crippen molar-refractivity contribution in [2.45, 2.75) is 26.2 Å². The maximum atomic E-state index is 5.35. The molecule has 0 aliphatic rings. The van der Waals surface area contributed by atoms with Crippen LogP contribution >= 0.6 is 24.0 Å². The monoisotopic (exact) mass is 472 g/mol. The van der Waals surface area contributed by atoms with Crippen LogP contribution in [-0.4, -0.2) is 43.8 Å². The van der Waals surface area contributed by atoms with Crippen molar-refractivity contribution >= 4 is 29.9 Å². The molecule has 0 saturated carbocycles. The maximum Gasteiger partial charge on any atom is 0.191 e. The van der Waals surface area contributed by atoms with Gasteiger partial charge in [0.2, 0.25) is 0 Å². The van der Waals surface area contributed by atoms with E-state index in [0.29, 0.717) is 0 Å². The number of hydrogen-bond acceptors (Lipinski definition) is 4. The number of nitrogens with one attached hydrogen (secondary N) is 2. The van der Waals surface area contributed by atoms with Gasteiger partial charge in [0.25, 0.3) is 0 Å². The molecule has 2 rings (SSSR count). The SMILES string of the molecule is CCOCCCN=C(NCCc1ccccn1)NCCc1ccco1.I. The Bertz CT molecular complexity index is 591. The standard InChI is InChI=1S/C19H28N4O2.HI/c1-2-24-15-6-12-21-19(23-14-10-18-8-5-16-25-18)22-13-9-17-7-3-4-11-20-17;/h3-5,7-8,11,16H,2,6,9-10,12-15H2,1H3,(H2,21,22,23);1H. The van der Waals surface area contributed by atoms with Crippen molar-refractivity contribution in [1.29, 1.82) is 0 Å². The highest BCUT2D eigenvalue weighted by Crippen LogP contribution is 1.99. The van der Waals surface area contributed by atoms with Crippen molar-refractivity contribution in [3.05, 3.63) is 54.2 Å².